The van der Waals surface area contributed by atoms with Gasteiger partial charge in [0.05, 0.1) is 25.2 Å². The molecule has 0 saturated heterocycles. The fourth-order valence-electron chi connectivity index (χ4n) is 3.59. The summed E-state index contributed by atoms with van der Waals surface area (Å²) in [6, 6.07) is -2.38. The van der Waals surface area contributed by atoms with E-state index in [4.69, 9.17) is 20.4 Å². The number of hydrogen-bond acceptors (Lipinski definition) is 8. The van der Waals surface area contributed by atoms with Gasteiger partial charge in [-0.05, 0) is 44.1 Å². The first-order chi connectivity index (χ1) is 18.1. The van der Waals surface area contributed by atoms with Crippen molar-refractivity contribution in [2.45, 2.75) is 112 Å². The van der Waals surface area contributed by atoms with Crippen LogP contribution in [-0.4, -0.2) is 77.3 Å². The minimum atomic E-state index is -1.14. The number of aliphatic hydroxyl groups excluding tert-OH is 1. The number of hydrogen-bond donors (Lipinski definition) is 6. The highest BCUT2D eigenvalue weighted by molar-refractivity contribution is 5.92. The molecular formula is C27H52N4O8. The predicted molar refractivity (Wildman–Crippen MR) is 148 cm³/mol. The summed E-state index contributed by atoms with van der Waals surface area (Å²) in [5.74, 6) is -2.81. The van der Waals surface area contributed by atoms with Crippen LogP contribution in [0.25, 0.3) is 0 Å². The zero-order valence-electron chi connectivity index (χ0n) is 24.9. The van der Waals surface area contributed by atoms with E-state index in [1.165, 1.54) is 0 Å². The van der Waals surface area contributed by atoms with Crippen molar-refractivity contribution in [3.8, 4) is 0 Å². The topological polar surface area (TPSA) is 197 Å². The number of carboxylic acids is 1. The summed E-state index contributed by atoms with van der Waals surface area (Å²) in [6.07, 6.45) is 0.678. The molecule has 0 rings (SSSR count). The van der Waals surface area contributed by atoms with Crippen molar-refractivity contribution in [2.75, 3.05) is 13.2 Å². The quantitative estimate of drug-likeness (QED) is 0.112. The second-order valence-corrected chi connectivity index (χ2v) is 10.6. The Morgan fingerprint density at radius 1 is 0.821 bits per heavy atom. The molecule has 0 aromatic heterocycles. The summed E-state index contributed by atoms with van der Waals surface area (Å²) in [5, 5.41) is 26.4. The van der Waals surface area contributed by atoms with Crippen LogP contribution in [0, 0.1) is 17.8 Å². The van der Waals surface area contributed by atoms with E-state index in [1.54, 1.807) is 20.8 Å². The first-order valence-corrected chi connectivity index (χ1v) is 13.7. The lowest BCUT2D eigenvalue weighted by Gasteiger charge is -2.30. The van der Waals surface area contributed by atoms with Gasteiger partial charge in [0.15, 0.2) is 0 Å². The molecule has 12 heteroatoms. The summed E-state index contributed by atoms with van der Waals surface area (Å²) in [6.45, 7) is 14.5. The molecular weight excluding hydrogens is 508 g/mol. The minimum Gasteiger partial charge on any atom is -0.481 e. The molecule has 0 spiro atoms. The third-order valence-electron chi connectivity index (χ3n) is 5.55. The van der Waals surface area contributed by atoms with Gasteiger partial charge in [0.2, 0.25) is 17.7 Å². The van der Waals surface area contributed by atoms with E-state index in [9.17, 15) is 24.3 Å². The molecule has 0 aliphatic rings. The number of unbranched alkanes of at least 4 members (excludes halogenated alkanes) is 1. The van der Waals surface area contributed by atoms with Crippen LogP contribution in [0.2, 0.25) is 0 Å². The van der Waals surface area contributed by atoms with E-state index >= 15 is 0 Å². The summed E-state index contributed by atoms with van der Waals surface area (Å²) in [5.41, 5.74) is 5.57. The maximum absolute atomic E-state index is 13.2. The van der Waals surface area contributed by atoms with Crippen LogP contribution in [0.4, 0.5) is 0 Å². The van der Waals surface area contributed by atoms with Crippen molar-refractivity contribution in [3.63, 3.8) is 0 Å². The predicted octanol–water partition coefficient (Wildman–Crippen LogP) is 1.33. The Balaban J connectivity index is 0. The fourth-order valence-corrected chi connectivity index (χ4v) is 3.59. The number of aliphatic hydroxyl groups is 1. The molecule has 0 aliphatic carbocycles. The molecule has 0 aromatic carbocycles. The molecule has 0 saturated carbocycles. The molecule has 1 unspecified atom stereocenters. The van der Waals surface area contributed by atoms with Gasteiger partial charge in [-0.25, -0.2) is 0 Å². The van der Waals surface area contributed by atoms with Gasteiger partial charge in [0, 0.05) is 13.3 Å². The van der Waals surface area contributed by atoms with E-state index in [1.807, 2.05) is 27.7 Å². The van der Waals surface area contributed by atoms with E-state index in [2.05, 4.69) is 16.0 Å². The number of nitrogens with one attached hydrogen (secondary N) is 3. The first-order valence-electron chi connectivity index (χ1n) is 13.7. The third kappa shape index (κ3) is 19.0. The number of esters is 1. The molecule has 0 bridgehead atoms. The second kappa shape index (κ2) is 21.1. The average molecular weight is 561 g/mol. The van der Waals surface area contributed by atoms with Crippen LogP contribution in [0.15, 0.2) is 0 Å². The van der Waals surface area contributed by atoms with Gasteiger partial charge in [-0.1, -0.05) is 48.0 Å². The van der Waals surface area contributed by atoms with Crippen LogP contribution in [0.1, 0.15) is 87.5 Å². The fraction of sp³-hybridized carbons (Fsp3) is 0.815. The largest absolute Gasteiger partial charge is 0.481 e. The zero-order chi connectivity index (χ0) is 30.7. The van der Waals surface area contributed by atoms with Crippen molar-refractivity contribution in [2.24, 2.45) is 23.5 Å². The van der Waals surface area contributed by atoms with E-state index in [0.29, 0.717) is 32.2 Å². The number of ether oxygens (including phenoxy) is 1. The number of nitrogens with two attached hydrogens (primary N) is 1. The minimum absolute atomic E-state index is 0.150. The van der Waals surface area contributed by atoms with Crippen LogP contribution < -0.4 is 21.7 Å². The van der Waals surface area contributed by atoms with Gasteiger partial charge in [-0.3, -0.25) is 24.0 Å². The Kier molecular flexibility index (Phi) is 20.8. The highest BCUT2D eigenvalue weighted by Gasteiger charge is 2.33. The molecule has 0 radical (unpaired) electrons. The van der Waals surface area contributed by atoms with Crippen molar-refractivity contribution in [1.29, 1.82) is 0 Å². The highest BCUT2D eigenvalue weighted by Crippen LogP contribution is 2.12. The SMILES string of the molecule is CC(=O)O.CCOC(=O)C[C@H](O)[C@H](CCCCN)NC(=O)[C@@H](NC(=O)C(NC(=O)CC(C)C)C(C)C)C(C)C. The van der Waals surface area contributed by atoms with E-state index < -0.39 is 48.0 Å². The lowest BCUT2D eigenvalue weighted by atomic mass is 9.97. The van der Waals surface area contributed by atoms with Crippen molar-refractivity contribution in [1.82, 2.24) is 16.0 Å². The highest BCUT2D eigenvalue weighted by atomic mass is 16.5. The molecule has 7 N–H and O–H groups in total. The molecule has 39 heavy (non-hydrogen) atoms. The Morgan fingerprint density at radius 3 is 1.74 bits per heavy atom. The van der Waals surface area contributed by atoms with E-state index in [-0.39, 0.29) is 36.7 Å². The number of carbonyl (C=O) groups is 5. The molecule has 0 aromatic rings. The first kappa shape index (κ1) is 38.4. The Labute approximate surface area is 233 Å². The lowest BCUT2D eigenvalue weighted by molar-refractivity contribution is -0.146. The van der Waals surface area contributed by atoms with Crippen LogP contribution in [0.5, 0.6) is 0 Å². The Bertz CT molecular complexity index is 754. The molecule has 12 nitrogen and oxygen atoms in total. The number of rotatable bonds is 17. The maximum atomic E-state index is 13.2. The zero-order valence-corrected chi connectivity index (χ0v) is 24.9. The van der Waals surface area contributed by atoms with Crippen molar-refractivity contribution >= 4 is 29.7 Å². The molecule has 4 atom stereocenters. The molecule has 0 heterocycles. The van der Waals surface area contributed by atoms with E-state index in [0.717, 1.165) is 6.92 Å². The van der Waals surface area contributed by atoms with Gasteiger partial charge in [0.1, 0.15) is 12.1 Å². The summed E-state index contributed by atoms with van der Waals surface area (Å²) >= 11 is 0. The number of aliphatic carboxylic acids is 1. The van der Waals surface area contributed by atoms with Gasteiger partial charge in [-0.2, -0.15) is 0 Å². The van der Waals surface area contributed by atoms with Crippen molar-refractivity contribution in [3.05, 3.63) is 0 Å². The van der Waals surface area contributed by atoms with Gasteiger partial charge < -0.3 is 36.6 Å². The van der Waals surface area contributed by atoms with Gasteiger partial charge >= 0.3 is 5.97 Å². The monoisotopic (exact) mass is 560 g/mol. The Morgan fingerprint density at radius 2 is 1.31 bits per heavy atom. The average Bonchev–Trinajstić information content (AvgIpc) is 2.79. The van der Waals surface area contributed by atoms with Crippen LogP contribution >= 0.6 is 0 Å². The standard InChI is InChI=1S/C25H48N4O6.C2H4O2/c1-8-35-21(32)14-19(30)18(11-9-10-12-26)27-24(33)23(17(6)7)29-25(34)22(16(4)5)28-20(31)13-15(2)3;1-2(3)4/h15-19,22-23,30H,8-14,26H2,1-7H3,(H,27,33)(H,28,31)(H,29,34);1H3,(H,3,4)/t18-,19-,22?,23-;/m0./s1. The van der Waals surface area contributed by atoms with Crippen molar-refractivity contribution < 1.29 is 38.9 Å². The lowest BCUT2D eigenvalue weighted by Crippen LogP contribution is -2.58. The second-order valence-electron chi connectivity index (χ2n) is 10.6. The Hall–Kier alpha value is -2.73. The molecule has 0 aliphatic heterocycles. The summed E-state index contributed by atoms with van der Waals surface area (Å²) in [7, 11) is 0. The van der Waals surface area contributed by atoms with Crippen LogP contribution in [-0.2, 0) is 28.7 Å². The maximum Gasteiger partial charge on any atom is 0.308 e. The number of carbonyl (C=O) groups excluding carboxylic acids is 4. The van der Waals surface area contributed by atoms with Gasteiger partial charge in [0.25, 0.3) is 5.97 Å². The third-order valence-corrected chi connectivity index (χ3v) is 5.55. The number of amides is 3. The molecule has 228 valence electrons. The smallest absolute Gasteiger partial charge is 0.308 e. The van der Waals surface area contributed by atoms with Crippen LogP contribution in [0.3, 0.4) is 0 Å². The summed E-state index contributed by atoms with van der Waals surface area (Å²) in [4.78, 5) is 59.3. The molecule has 3 amide bonds. The number of carboxylic acid groups (broad SMARTS) is 1. The normalized spacial score (nSPS) is 14.0. The molecule has 0 fully saturated rings. The summed E-state index contributed by atoms with van der Waals surface area (Å²) < 4.78 is 4.91. The van der Waals surface area contributed by atoms with Gasteiger partial charge in [-0.15, -0.1) is 0 Å².